The lowest BCUT2D eigenvalue weighted by Crippen LogP contribution is -2.32. The number of methoxy groups -OCH3 is 1. The summed E-state index contributed by atoms with van der Waals surface area (Å²) in [6.07, 6.45) is 0.973. The Bertz CT molecular complexity index is 872. The van der Waals surface area contributed by atoms with Gasteiger partial charge in [-0.2, -0.15) is 11.8 Å². The van der Waals surface area contributed by atoms with E-state index >= 15 is 0 Å². The molecule has 0 aliphatic carbocycles. The highest BCUT2D eigenvalue weighted by atomic mass is 32.2. The van der Waals surface area contributed by atoms with Crippen LogP contribution in [0.2, 0.25) is 0 Å². The molecule has 1 unspecified atom stereocenters. The van der Waals surface area contributed by atoms with E-state index in [1.54, 1.807) is 18.4 Å². The van der Waals surface area contributed by atoms with E-state index in [1.165, 1.54) is 4.88 Å². The van der Waals surface area contributed by atoms with E-state index < -0.39 is 0 Å². The second-order valence-corrected chi connectivity index (χ2v) is 8.23. The first-order valence-electron chi connectivity index (χ1n) is 8.27. The molecule has 3 aromatic rings. The van der Waals surface area contributed by atoms with Crippen LogP contribution in [0.5, 0.6) is 5.75 Å². The quantitative estimate of drug-likeness (QED) is 0.660. The van der Waals surface area contributed by atoms with Crippen molar-refractivity contribution >= 4 is 40.0 Å². The van der Waals surface area contributed by atoms with Crippen molar-refractivity contribution in [3.63, 3.8) is 0 Å². The lowest BCUT2D eigenvalue weighted by Gasteiger charge is -2.18. The Kier molecular flexibility index (Phi) is 4.72. The fourth-order valence-corrected chi connectivity index (χ4v) is 5.37. The number of furan rings is 1. The van der Waals surface area contributed by atoms with Gasteiger partial charge < -0.3 is 14.1 Å². The molecule has 0 radical (unpaired) electrons. The second-order valence-electron chi connectivity index (χ2n) is 5.95. The van der Waals surface area contributed by atoms with Gasteiger partial charge in [0.25, 0.3) is 5.91 Å². The van der Waals surface area contributed by atoms with Crippen molar-refractivity contribution in [2.24, 2.45) is 0 Å². The lowest BCUT2D eigenvalue weighted by molar-refractivity contribution is 0.0737. The molecule has 130 valence electrons. The van der Waals surface area contributed by atoms with Crippen molar-refractivity contribution in [2.75, 3.05) is 26.0 Å². The number of fused-ring (bicyclic) bond motifs is 1. The molecule has 6 heteroatoms. The molecule has 1 aliphatic heterocycles. The molecule has 0 saturated carbocycles. The van der Waals surface area contributed by atoms with Gasteiger partial charge in [-0.05, 0) is 30.0 Å². The molecule has 1 atom stereocenters. The number of hydrogen-bond acceptors (Lipinski definition) is 5. The summed E-state index contributed by atoms with van der Waals surface area (Å²) in [5.74, 6) is 1.95. The number of benzene rings is 1. The first-order valence-corrected chi connectivity index (χ1v) is 10.2. The molecule has 1 saturated heterocycles. The number of thioether (sulfide) groups is 1. The zero-order valence-electron chi connectivity index (χ0n) is 13.9. The van der Waals surface area contributed by atoms with Crippen LogP contribution < -0.4 is 4.74 Å². The largest absolute Gasteiger partial charge is 0.493 e. The van der Waals surface area contributed by atoms with E-state index in [9.17, 15) is 4.79 Å². The Labute approximate surface area is 154 Å². The molecular formula is C19H19NO3S2. The summed E-state index contributed by atoms with van der Waals surface area (Å²) in [5, 5.41) is 3.49. The van der Waals surface area contributed by atoms with Crippen molar-refractivity contribution < 1.29 is 13.9 Å². The molecule has 0 spiro atoms. The van der Waals surface area contributed by atoms with Crippen LogP contribution in [0.4, 0.5) is 0 Å². The van der Waals surface area contributed by atoms with Crippen LogP contribution >= 0.6 is 23.1 Å². The standard InChI is InChI=1S/C19H19NO3S2/c1-22-14-5-2-4-13-12-15(23-18(13)14)19(21)20-8-7-17(25-11-9-20)16-6-3-10-24-16/h2-6,10,12,17H,7-9,11H2,1H3. The summed E-state index contributed by atoms with van der Waals surface area (Å²) in [7, 11) is 1.61. The highest BCUT2D eigenvalue weighted by Gasteiger charge is 2.25. The molecule has 2 aromatic heterocycles. The number of ether oxygens (including phenoxy) is 1. The minimum Gasteiger partial charge on any atom is -0.493 e. The van der Waals surface area contributed by atoms with Gasteiger partial charge in [-0.25, -0.2) is 0 Å². The maximum Gasteiger partial charge on any atom is 0.289 e. The second kappa shape index (κ2) is 7.14. The van der Waals surface area contributed by atoms with Crippen molar-refractivity contribution in [1.82, 2.24) is 4.90 Å². The van der Waals surface area contributed by atoms with E-state index in [-0.39, 0.29) is 5.91 Å². The Morgan fingerprint density at radius 1 is 1.28 bits per heavy atom. The number of nitrogens with zero attached hydrogens (tertiary/aromatic N) is 1. The maximum absolute atomic E-state index is 12.9. The zero-order valence-corrected chi connectivity index (χ0v) is 15.6. The number of rotatable bonds is 3. The normalized spacial score (nSPS) is 18.3. The Hall–Kier alpha value is -1.92. The average Bonchev–Trinajstić information content (AvgIpc) is 3.26. The molecule has 4 nitrogen and oxygen atoms in total. The predicted octanol–water partition coefficient (Wildman–Crippen LogP) is 4.82. The topological polar surface area (TPSA) is 42.7 Å². The third kappa shape index (κ3) is 3.28. The first-order chi connectivity index (χ1) is 12.3. The molecule has 0 bridgehead atoms. The fraction of sp³-hybridized carbons (Fsp3) is 0.316. The molecule has 25 heavy (non-hydrogen) atoms. The third-order valence-corrected chi connectivity index (χ3v) is 6.87. The third-order valence-electron chi connectivity index (χ3n) is 4.43. The van der Waals surface area contributed by atoms with Crippen LogP contribution in [0, 0.1) is 0 Å². The summed E-state index contributed by atoms with van der Waals surface area (Å²) in [6.45, 7) is 1.50. The summed E-state index contributed by atoms with van der Waals surface area (Å²) in [4.78, 5) is 16.2. The van der Waals surface area contributed by atoms with Gasteiger partial charge in [0, 0.05) is 34.4 Å². The van der Waals surface area contributed by atoms with E-state index in [0.29, 0.717) is 22.3 Å². The van der Waals surface area contributed by atoms with Crippen LogP contribution in [0.1, 0.15) is 27.1 Å². The van der Waals surface area contributed by atoms with Crippen LogP contribution in [0.15, 0.2) is 46.2 Å². The predicted molar refractivity (Wildman–Crippen MR) is 103 cm³/mol. The van der Waals surface area contributed by atoms with E-state index in [2.05, 4.69) is 17.5 Å². The van der Waals surface area contributed by atoms with Gasteiger partial charge in [-0.3, -0.25) is 4.79 Å². The van der Waals surface area contributed by atoms with Crippen LogP contribution in [0.3, 0.4) is 0 Å². The summed E-state index contributed by atoms with van der Waals surface area (Å²) < 4.78 is 11.1. The molecule has 0 N–H and O–H groups in total. The monoisotopic (exact) mass is 373 g/mol. The average molecular weight is 373 g/mol. The van der Waals surface area contributed by atoms with Gasteiger partial charge in [0.2, 0.25) is 0 Å². The first kappa shape index (κ1) is 16.5. The Balaban J connectivity index is 1.53. The summed E-state index contributed by atoms with van der Waals surface area (Å²) in [5.41, 5.74) is 0.633. The van der Waals surface area contributed by atoms with Gasteiger partial charge in [0.1, 0.15) is 0 Å². The van der Waals surface area contributed by atoms with Crippen LogP contribution in [-0.4, -0.2) is 36.8 Å². The zero-order chi connectivity index (χ0) is 17.2. The van der Waals surface area contributed by atoms with Crippen LogP contribution in [0.25, 0.3) is 11.0 Å². The smallest absolute Gasteiger partial charge is 0.289 e. The number of carbonyl (C=O) groups excluding carboxylic acids is 1. The van der Waals surface area contributed by atoms with Crippen molar-refractivity contribution in [3.05, 3.63) is 52.4 Å². The van der Waals surface area contributed by atoms with Crippen LogP contribution in [-0.2, 0) is 0 Å². The number of carbonyl (C=O) groups is 1. The van der Waals surface area contributed by atoms with E-state index in [0.717, 1.165) is 30.6 Å². The minimum absolute atomic E-state index is 0.0364. The van der Waals surface area contributed by atoms with Gasteiger partial charge in [-0.15, -0.1) is 11.3 Å². The van der Waals surface area contributed by atoms with Crippen molar-refractivity contribution in [1.29, 1.82) is 0 Å². The lowest BCUT2D eigenvalue weighted by atomic mass is 10.2. The highest BCUT2D eigenvalue weighted by molar-refractivity contribution is 7.99. The van der Waals surface area contributed by atoms with Gasteiger partial charge >= 0.3 is 0 Å². The molecule has 1 aromatic carbocycles. The number of para-hydroxylation sites is 1. The summed E-state index contributed by atoms with van der Waals surface area (Å²) in [6, 6.07) is 11.8. The van der Waals surface area contributed by atoms with Gasteiger partial charge in [0.15, 0.2) is 17.1 Å². The number of thiophene rings is 1. The fourth-order valence-electron chi connectivity index (χ4n) is 3.13. The van der Waals surface area contributed by atoms with E-state index in [1.807, 2.05) is 40.9 Å². The maximum atomic E-state index is 12.9. The SMILES string of the molecule is COc1cccc2cc(C(=O)N3CCSC(c4cccs4)CC3)oc12. The van der Waals surface area contributed by atoms with Crippen molar-refractivity contribution in [2.45, 2.75) is 11.7 Å². The van der Waals surface area contributed by atoms with Crippen molar-refractivity contribution in [3.8, 4) is 5.75 Å². The molecule has 4 rings (SSSR count). The van der Waals surface area contributed by atoms with Gasteiger partial charge in [0.05, 0.1) is 7.11 Å². The molecule has 1 aliphatic rings. The number of amides is 1. The highest BCUT2D eigenvalue weighted by Crippen LogP contribution is 2.37. The Morgan fingerprint density at radius 3 is 3.00 bits per heavy atom. The molecular weight excluding hydrogens is 354 g/mol. The molecule has 3 heterocycles. The van der Waals surface area contributed by atoms with Gasteiger partial charge in [-0.1, -0.05) is 18.2 Å². The number of hydrogen-bond donors (Lipinski definition) is 0. The summed E-state index contributed by atoms with van der Waals surface area (Å²) >= 11 is 3.73. The molecule has 1 fully saturated rings. The Morgan fingerprint density at radius 2 is 2.20 bits per heavy atom. The van der Waals surface area contributed by atoms with E-state index in [4.69, 9.17) is 9.15 Å². The minimum atomic E-state index is -0.0364. The molecule has 1 amide bonds.